The minimum Gasteiger partial charge on any atom is -0.497 e. The van der Waals surface area contributed by atoms with E-state index in [9.17, 15) is 0 Å². The first-order valence-corrected chi connectivity index (χ1v) is 12.2. The molecule has 0 aromatic heterocycles. The van der Waals surface area contributed by atoms with Crippen LogP contribution in [0, 0.1) is 17.8 Å². The fourth-order valence-corrected chi connectivity index (χ4v) is 4.67. The molecular weight excluding hydrogens is 356 g/mol. The van der Waals surface area contributed by atoms with Crippen molar-refractivity contribution in [2.45, 2.75) is 111 Å². The molecule has 29 heavy (non-hydrogen) atoms. The highest BCUT2D eigenvalue weighted by Gasteiger charge is 2.31. The van der Waals surface area contributed by atoms with E-state index in [1.54, 1.807) is 7.11 Å². The molecule has 0 amide bonds. The molecule has 1 heterocycles. The fraction of sp³-hybridized carbons (Fsp3) is 0.778. The van der Waals surface area contributed by atoms with Gasteiger partial charge in [0.05, 0.1) is 7.11 Å². The van der Waals surface area contributed by atoms with Crippen LogP contribution in [-0.4, -0.2) is 12.7 Å². The standard InChI is InChI=1S/C27H46O2/c1-21(2)10-7-11-22(3)12-8-13-23(4)14-9-18-27(5)19-17-24-20-25(28-6)15-16-26(24)29-27/h15-16,20-23H,7-14,17-19H2,1-6H3. The van der Waals surface area contributed by atoms with Crippen LogP contribution >= 0.6 is 0 Å². The van der Waals surface area contributed by atoms with E-state index in [4.69, 9.17) is 9.47 Å². The molecule has 0 bridgehead atoms. The lowest BCUT2D eigenvalue weighted by atomic mass is 9.86. The number of hydrogen-bond donors (Lipinski definition) is 0. The Labute approximate surface area is 180 Å². The Morgan fingerprint density at radius 2 is 1.55 bits per heavy atom. The SMILES string of the molecule is COc1ccc2c(c1)CCC(C)(CCCC(C)CCCC(C)CCCC(C)C)O2. The molecule has 0 saturated heterocycles. The second-order valence-electron chi connectivity index (χ2n) is 10.4. The predicted octanol–water partition coefficient (Wildman–Crippen LogP) is 8.22. The van der Waals surface area contributed by atoms with Gasteiger partial charge in [-0.1, -0.05) is 72.6 Å². The molecule has 0 radical (unpaired) electrons. The number of fused-ring (bicyclic) bond motifs is 1. The quantitative estimate of drug-likeness (QED) is 0.331. The minimum absolute atomic E-state index is 0.00770. The van der Waals surface area contributed by atoms with Crippen molar-refractivity contribution in [3.63, 3.8) is 0 Å². The van der Waals surface area contributed by atoms with Gasteiger partial charge in [-0.25, -0.2) is 0 Å². The number of rotatable bonds is 13. The summed E-state index contributed by atoms with van der Waals surface area (Å²) in [5.41, 5.74) is 1.28. The Kier molecular flexibility index (Phi) is 9.86. The van der Waals surface area contributed by atoms with Crippen molar-refractivity contribution in [1.29, 1.82) is 0 Å². The molecule has 2 nitrogen and oxygen atoms in total. The topological polar surface area (TPSA) is 18.5 Å². The monoisotopic (exact) mass is 402 g/mol. The van der Waals surface area contributed by atoms with E-state index in [1.165, 1.54) is 56.9 Å². The molecule has 1 aliphatic heterocycles. The molecular formula is C27H46O2. The maximum absolute atomic E-state index is 6.41. The fourth-order valence-electron chi connectivity index (χ4n) is 4.67. The van der Waals surface area contributed by atoms with Crippen molar-refractivity contribution in [1.82, 2.24) is 0 Å². The Bertz CT molecular complexity index is 594. The van der Waals surface area contributed by atoms with Gasteiger partial charge in [0.15, 0.2) is 0 Å². The van der Waals surface area contributed by atoms with Crippen LogP contribution in [0.4, 0.5) is 0 Å². The van der Waals surface area contributed by atoms with Gasteiger partial charge in [-0.3, -0.25) is 0 Å². The average molecular weight is 403 g/mol. The van der Waals surface area contributed by atoms with Gasteiger partial charge in [0.1, 0.15) is 17.1 Å². The van der Waals surface area contributed by atoms with E-state index in [-0.39, 0.29) is 5.60 Å². The van der Waals surface area contributed by atoms with Crippen LogP contribution in [0.1, 0.15) is 104 Å². The second-order valence-corrected chi connectivity index (χ2v) is 10.4. The van der Waals surface area contributed by atoms with Gasteiger partial charge >= 0.3 is 0 Å². The average Bonchev–Trinajstić information content (AvgIpc) is 2.67. The van der Waals surface area contributed by atoms with E-state index in [0.29, 0.717) is 0 Å². The molecule has 3 atom stereocenters. The lowest BCUT2D eigenvalue weighted by Gasteiger charge is -2.36. The summed E-state index contributed by atoms with van der Waals surface area (Å²) < 4.78 is 11.8. The van der Waals surface area contributed by atoms with Crippen LogP contribution in [0.25, 0.3) is 0 Å². The number of benzene rings is 1. The van der Waals surface area contributed by atoms with Gasteiger partial charge in [-0.15, -0.1) is 0 Å². The highest BCUT2D eigenvalue weighted by Crippen LogP contribution is 2.38. The van der Waals surface area contributed by atoms with Crippen molar-refractivity contribution in [2.24, 2.45) is 17.8 Å². The van der Waals surface area contributed by atoms with Crippen molar-refractivity contribution in [2.75, 3.05) is 7.11 Å². The van der Waals surface area contributed by atoms with E-state index in [0.717, 1.165) is 48.5 Å². The minimum atomic E-state index is -0.00770. The summed E-state index contributed by atoms with van der Waals surface area (Å²) in [4.78, 5) is 0. The Balaban J connectivity index is 1.62. The van der Waals surface area contributed by atoms with Gasteiger partial charge in [0.25, 0.3) is 0 Å². The summed E-state index contributed by atoms with van der Waals surface area (Å²) in [6, 6.07) is 6.22. The zero-order valence-corrected chi connectivity index (χ0v) is 20.1. The van der Waals surface area contributed by atoms with Gasteiger partial charge < -0.3 is 9.47 Å². The van der Waals surface area contributed by atoms with Gasteiger partial charge in [0, 0.05) is 0 Å². The smallest absolute Gasteiger partial charge is 0.123 e. The maximum atomic E-state index is 6.41. The van der Waals surface area contributed by atoms with Crippen molar-refractivity contribution < 1.29 is 9.47 Å². The Morgan fingerprint density at radius 1 is 0.931 bits per heavy atom. The van der Waals surface area contributed by atoms with Crippen LogP contribution in [0.5, 0.6) is 11.5 Å². The molecule has 1 aliphatic rings. The van der Waals surface area contributed by atoms with Crippen molar-refractivity contribution >= 4 is 0 Å². The predicted molar refractivity (Wildman–Crippen MR) is 125 cm³/mol. The number of methoxy groups -OCH3 is 1. The molecule has 3 unspecified atom stereocenters. The van der Waals surface area contributed by atoms with E-state index in [1.807, 2.05) is 6.07 Å². The third-order valence-corrected chi connectivity index (χ3v) is 6.82. The zero-order valence-electron chi connectivity index (χ0n) is 20.1. The third kappa shape index (κ3) is 8.60. The van der Waals surface area contributed by atoms with Gasteiger partial charge in [-0.2, -0.15) is 0 Å². The second kappa shape index (κ2) is 11.9. The molecule has 2 heteroatoms. The highest BCUT2D eigenvalue weighted by atomic mass is 16.5. The lowest BCUT2D eigenvalue weighted by molar-refractivity contribution is 0.0523. The molecule has 0 saturated carbocycles. The lowest BCUT2D eigenvalue weighted by Crippen LogP contribution is -2.36. The molecule has 0 N–H and O–H groups in total. The van der Waals surface area contributed by atoms with Gasteiger partial charge in [0.2, 0.25) is 0 Å². The van der Waals surface area contributed by atoms with Crippen molar-refractivity contribution in [3.05, 3.63) is 23.8 Å². The number of hydrogen-bond acceptors (Lipinski definition) is 2. The first-order chi connectivity index (χ1) is 13.8. The molecule has 1 aromatic rings. The first-order valence-electron chi connectivity index (χ1n) is 12.2. The van der Waals surface area contributed by atoms with E-state index in [2.05, 4.69) is 46.8 Å². The summed E-state index contributed by atoms with van der Waals surface area (Å²) >= 11 is 0. The summed E-state index contributed by atoms with van der Waals surface area (Å²) in [7, 11) is 1.73. The van der Waals surface area contributed by atoms with E-state index >= 15 is 0 Å². The molecule has 0 spiro atoms. The summed E-state index contributed by atoms with van der Waals surface area (Å²) in [5, 5.41) is 0. The van der Waals surface area contributed by atoms with Crippen LogP contribution in [-0.2, 0) is 6.42 Å². The van der Waals surface area contributed by atoms with Crippen LogP contribution < -0.4 is 9.47 Å². The molecule has 0 aliphatic carbocycles. The molecule has 2 rings (SSSR count). The third-order valence-electron chi connectivity index (χ3n) is 6.82. The van der Waals surface area contributed by atoms with Crippen molar-refractivity contribution in [3.8, 4) is 11.5 Å². The molecule has 1 aromatic carbocycles. The Morgan fingerprint density at radius 3 is 2.17 bits per heavy atom. The number of ether oxygens (including phenoxy) is 2. The first kappa shape index (κ1) is 24.1. The largest absolute Gasteiger partial charge is 0.497 e. The Hall–Kier alpha value is -1.18. The zero-order chi connectivity index (χ0) is 21.3. The van der Waals surface area contributed by atoms with E-state index < -0.39 is 0 Å². The normalized spacial score (nSPS) is 20.8. The molecule has 0 fully saturated rings. The highest BCUT2D eigenvalue weighted by molar-refractivity contribution is 5.42. The van der Waals surface area contributed by atoms with Crippen LogP contribution in [0.3, 0.4) is 0 Å². The number of aryl methyl sites for hydroxylation is 1. The maximum Gasteiger partial charge on any atom is 0.123 e. The summed E-state index contributed by atoms with van der Waals surface area (Å²) in [6.45, 7) is 11.8. The molecule has 166 valence electrons. The van der Waals surface area contributed by atoms with Gasteiger partial charge in [-0.05, 0) is 74.1 Å². The summed E-state index contributed by atoms with van der Waals surface area (Å²) in [6.07, 6.45) is 14.4. The van der Waals surface area contributed by atoms with Crippen LogP contribution in [0.2, 0.25) is 0 Å². The summed E-state index contributed by atoms with van der Waals surface area (Å²) in [5.74, 6) is 4.57. The van der Waals surface area contributed by atoms with Crippen LogP contribution in [0.15, 0.2) is 18.2 Å².